The predicted octanol–water partition coefficient (Wildman–Crippen LogP) is 2.96. The van der Waals surface area contributed by atoms with Crippen LogP contribution in [0.4, 0.5) is 5.69 Å². The molecule has 1 saturated carbocycles. The zero-order valence-electron chi connectivity index (χ0n) is 15.7. The van der Waals surface area contributed by atoms with E-state index in [9.17, 15) is 14.9 Å². The summed E-state index contributed by atoms with van der Waals surface area (Å²) in [5.41, 5.74) is 0.232. The molecule has 3 N–H and O–H groups in total. The summed E-state index contributed by atoms with van der Waals surface area (Å²) < 4.78 is 5.21. The van der Waals surface area contributed by atoms with E-state index in [1.54, 1.807) is 42.7 Å². The van der Waals surface area contributed by atoms with Crippen molar-refractivity contribution in [1.29, 1.82) is 5.26 Å². The van der Waals surface area contributed by atoms with Crippen molar-refractivity contribution in [1.82, 2.24) is 10.6 Å². The van der Waals surface area contributed by atoms with E-state index in [4.69, 9.17) is 4.42 Å². The van der Waals surface area contributed by atoms with Gasteiger partial charge in [0.05, 0.1) is 31.0 Å². The third kappa shape index (κ3) is 4.92. The monoisotopic (exact) mass is 380 g/mol. The first-order valence-corrected chi connectivity index (χ1v) is 9.48. The van der Waals surface area contributed by atoms with E-state index in [1.807, 2.05) is 0 Å². The molecule has 1 aliphatic rings. The third-order valence-corrected chi connectivity index (χ3v) is 4.91. The standard InChI is InChI=1S/C21H24N4O3/c22-15-21(10-4-1-5-11-21)25-19(26)14-23-18-9-3-2-8-17(18)20(27)24-13-16-7-6-12-28-16/h2-3,6-9,12,23H,1,4-5,10-11,13-14H2,(H,24,27)(H,25,26). The number of hydrogen-bond acceptors (Lipinski definition) is 5. The van der Waals surface area contributed by atoms with Crippen LogP contribution >= 0.6 is 0 Å². The van der Waals surface area contributed by atoms with Gasteiger partial charge in [0.2, 0.25) is 5.91 Å². The lowest BCUT2D eigenvalue weighted by Crippen LogP contribution is -2.50. The van der Waals surface area contributed by atoms with Gasteiger partial charge in [-0.15, -0.1) is 0 Å². The van der Waals surface area contributed by atoms with Crippen LogP contribution in [-0.4, -0.2) is 23.9 Å². The number of nitriles is 1. The van der Waals surface area contributed by atoms with Crippen LogP contribution in [0.5, 0.6) is 0 Å². The highest BCUT2D eigenvalue weighted by Gasteiger charge is 2.33. The maximum atomic E-state index is 12.5. The summed E-state index contributed by atoms with van der Waals surface area (Å²) in [7, 11) is 0. The van der Waals surface area contributed by atoms with Crippen molar-refractivity contribution in [2.75, 3.05) is 11.9 Å². The number of amides is 2. The smallest absolute Gasteiger partial charge is 0.253 e. The van der Waals surface area contributed by atoms with Gasteiger partial charge in [0, 0.05) is 5.69 Å². The van der Waals surface area contributed by atoms with Crippen molar-refractivity contribution in [3.63, 3.8) is 0 Å². The van der Waals surface area contributed by atoms with Gasteiger partial charge in [0.15, 0.2) is 0 Å². The molecule has 1 heterocycles. The molecular formula is C21H24N4O3. The fourth-order valence-electron chi connectivity index (χ4n) is 3.42. The van der Waals surface area contributed by atoms with Crippen molar-refractivity contribution >= 4 is 17.5 Å². The van der Waals surface area contributed by atoms with Gasteiger partial charge >= 0.3 is 0 Å². The molecule has 0 radical (unpaired) electrons. The van der Waals surface area contributed by atoms with Crippen LogP contribution in [0.15, 0.2) is 47.1 Å². The molecular weight excluding hydrogens is 356 g/mol. The molecule has 1 fully saturated rings. The highest BCUT2D eigenvalue weighted by molar-refractivity contribution is 6.00. The van der Waals surface area contributed by atoms with E-state index in [2.05, 4.69) is 22.0 Å². The largest absolute Gasteiger partial charge is 0.467 e. The molecule has 3 rings (SSSR count). The first kappa shape index (κ1) is 19.5. The molecule has 0 aliphatic heterocycles. The topological polar surface area (TPSA) is 107 Å². The second-order valence-corrected chi connectivity index (χ2v) is 6.96. The van der Waals surface area contributed by atoms with Crippen molar-refractivity contribution in [3.8, 4) is 6.07 Å². The Morgan fingerprint density at radius 1 is 1.11 bits per heavy atom. The third-order valence-electron chi connectivity index (χ3n) is 4.91. The van der Waals surface area contributed by atoms with Crippen LogP contribution in [0.3, 0.4) is 0 Å². The summed E-state index contributed by atoms with van der Waals surface area (Å²) >= 11 is 0. The Morgan fingerprint density at radius 3 is 2.61 bits per heavy atom. The fraction of sp³-hybridized carbons (Fsp3) is 0.381. The molecule has 7 heteroatoms. The first-order valence-electron chi connectivity index (χ1n) is 9.48. The molecule has 0 unspecified atom stereocenters. The van der Waals surface area contributed by atoms with E-state index in [0.717, 1.165) is 19.3 Å². The number of nitrogens with one attached hydrogen (secondary N) is 3. The number of carbonyl (C=O) groups excluding carboxylic acids is 2. The Kier molecular flexibility index (Phi) is 6.33. The molecule has 1 aliphatic carbocycles. The number of benzene rings is 1. The maximum absolute atomic E-state index is 12.5. The molecule has 1 aromatic heterocycles. The first-order chi connectivity index (χ1) is 13.6. The van der Waals surface area contributed by atoms with Gasteiger partial charge in [-0.1, -0.05) is 31.4 Å². The number of furan rings is 1. The lowest BCUT2D eigenvalue weighted by molar-refractivity contribution is -0.121. The highest BCUT2D eigenvalue weighted by Crippen LogP contribution is 2.27. The zero-order valence-corrected chi connectivity index (χ0v) is 15.7. The average Bonchev–Trinajstić information content (AvgIpc) is 3.25. The summed E-state index contributed by atoms with van der Waals surface area (Å²) in [6.45, 7) is 0.275. The summed E-state index contributed by atoms with van der Waals surface area (Å²) in [5, 5.41) is 18.2. The summed E-state index contributed by atoms with van der Waals surface area (Å²) in [6.07, 6.45) is 5.90. The second-order valence-electron chi connectivity index (χ2n) is 6.96. The molecule has 2 aromatic rings. The van der Waals surface area contributed by atoms with Crippen LogP contribution in [0.2, 0.25) is 0 Å². The lowest BCUT2D eigenvalue weighted by Gasteiger charge is -2.31. The number of carbonyl (C=O) groups is 2. The Balaban J connectivity index is 1.57. The highest BCUT2D eigenvalue weighted by atomic mass is 16.3. The number of nitrogens with zero attached hydrogens (tertiary/aromatic N) is 1. The average molecular weight is 380 g/mol. The number of rotatable bonds is 7. The van der Waals surface area contributed by atoms with Gasteiger partial charge in [-0.05, 0) is 37.1 Å². The van der Waals surface area contributed by atoms with Gasteiger partial charge in [-0.2, -0.15) is 5.26 Å². The summed E-state index contributed by atoms with van der Waals surface area (Å²) in [4.78, 5) is 24.9. The predicted molar refractivity (Wildman–Crippen MR) is 104 cm³/mol. The van der Waals surface area contributed by atoms with E-state index in [0.29, 0.717) is 29.9 Å². The van der Waals surface area contributed by atoms with Crippen LogP contribution in [0, 0.1) is 11.3 Å². The van der Waals surface area contributed by atoms with Crippen molar-refractivity contribution in [2.24, 2.45) is 0 Å². The van der Waals surface area contributed by atoms with Crippen molar-refractivity contribution < 1.29 is 14.0 Å². The summed E-state index contributed by atoms with van der Waals surface area (Å²) in [5.74, 6) is 0.141. The van der Waals surface area contributed by atoms with Crippen LogP contribution in [0.1, 0.15) is 48.2 Å². The fourth-order valence-corrected chi connectivity index (χ4v) is 3.42. The SMILES string of the molecule is N#CC1(NC(=O)CNc2ccccc2C(=O)NCc2ccco2)CCCCC1. The van der Waals surface area contributed by atoms with Gasteiger partial charge in [0.25, 0.3) is 5.91 Å². The molecule has 0 saturated heterocycles. The molecule has 1 aromatic carbocycles. The van der Waals surface area contributed by atoms with E-state index in [1.165, 1.54) is 0 Å². The molecule has 7 nitrogen and oxygen atoms in total. The number of hydrogen-bond donors (Lipinski definition) is 3. The van der Waals surface area contributed by atoms with Crippen LogP contribution in [-0.2, 0) is 11.3 Å². The second kappa shape index (κ2) is 9.09. The van der Waals surface area contributed by atoms with E-state index < -0.39 is 5.54 Å². The lowest BCUT2D eigenvalue weighted by atomic mass is 9.83. The van der Waals surface area contributed by atoms with Crippen LogP contribution in [0.25, 0.3) is 0 Å². The van der Waals surface area contributed by atoms with Crippen molar-refractivity contribution in [3.05, 3.63) is 54.0 Å². The Morgan fingerprint density at radius 2 is 1.89 bits per heavy atom. The molecule has 0 bridgehead atoms. The van der Waals surface area contributed by atoms with Crippen LogP contribution < -0.4 is 16.0 Å². The molecule has 0 spiro atoms. The molecule has 2 amide bonds. The van der Waals surface area contributed by atoms with Gasteiger partial charge < -0.3 is 20.4 Å². The Labute approximate surface area is 164 Å². The van der Waals surface area contributed by atoms with Gasteiger partial charge in [0.1, 0.15) is 11.3 Å². The molecule has 146 valence electrons. The minimum atomic E-state index is -0.767. The van der Waals surface area contributed by atoms with Gasteiger partial charge in [-0.3, -0.25) is 9.59 Å². The van der Waals surface area contributed by atoms with E-state index in [-0.39, 0.29) is 24.9 Å². The normalized spacial score (nSPS) is 15.2. The maximum Gasteiger partial charge on any atom is 0.253 e. The van der Waals surface area contributed by atoms with Crippen molar-refractivity contribution in [2.45, 2.75) is 44.2 Å². The van der Waals surface area contributed by atoms with E-state index >= 15 is 0 Å². The minimum absolute atomic E-state index is 0.00803. The Bertz CT molecular complexity index is 849. The molecule has 0 atom stereocenters. The summed E-state index contributed by atoms with van der Waals surface area (Å²) in [6, 6.07) is 12.8. The number of anilines is 1. The van der Waals surface area contributed by atoms with Gasteiger partial charge in [-0.25, -0.2) is 0 Å². The number of para-hydroxylation sites is 1. The zero-order chi connectivity index (χ0) is 19.8. The Hall–Kier alpha value is -3.27. The molecule has 28 heavy (non-hydrogen) atoms. The minimum Gasteiger partial charge on any atom is -0.467 e. The quantitative estimate of drug-likeness (QED) is 0.684.